The summed E-state index contributed by atoms with van der Waals surface area (Å²) < 4.78 is 0. The van der Waals surface area contributed by atoms with E-state index in [2.05, 4.69) is 45.9 Å². The Morgan fingerprint density at radius 1 is 1.11 bits per heavy atom. The average Bonchev–Trinajstić information content (AvgIpc) is 2.39. The number of rotatable bonds is 3. The van der Waals surface area contributed by atoms with Crippen molar-refractivity contribution in [2.45, 2.75) is 32.9 Å². The summed E-state index contributed by atoms with van der Waals surface area (Å²) in [5.74, 6) is 0.994. The van der Waals surface area contributed by atoms with Gasteiger partial charge in [0.25, 0.3) is 0 Å². The molecular formula is C14H25N5. The van der Waals surface area contributed by atoms with E-state index in [0.29, 0.717) is 0 Å². The van der Waals surface area contributed by atoms with Crippen molar-refractivity contribution in [1.29, 1.82) is 0 Å². The molecule has 0 atom stereocenters. The maximum atomic E-state index is 4.51. The Bertz CT molecular complexity index is 387. The van der Waals surface area contributed by atoms with Gasteiger partial charge >= 0.3 is 0 Å². The van der Waals surface area contributed by atoms with Gasteiger partial charge in [0.15, 0.2) is 0 Å². The quantitative estimate of drug-likeness (QED) is 0.885. The van der Waals surface area contributed by atoms with Crippen molar-refractivity contribution in [1.82, 2.24) is 20.2 Å². The molecule has 0 bridgehead atoms. The Morgan fingerprint density at radius 3 is 2.26 bits per heavy atom. The van der Waals surface area contributed by atoms with Crippen molar-refractivity contribution in [3.05, 3.63) is 18.1 Å². The van der Waals surface area contributed by atoms with Gasteiger partial charge in [-0.15, -0.1) is 0 Å². The van der Waals surface area contributed by atoms with Gasteiger partial charge in [-0.05, 0) is 27.8 Å². The lowest BCUT2D eigenvalue weighted by Gasteiger charge is -2.42. The Balaban J connectivity index is 1.94. The minimum atomic E-state index is 0.258. The molecule has 0 aromatic carbocycles. The molecule has 19 heavy (non-hydrogen) atoms. The first-order chi connectivity index (χ1) is 9.00. The highest BCUT2D eigenvalue weighted by molar-refractivity contribution is 5.36. The molecule has 1 aromatic heterocycles. The normalized spacial score (nSPS) is 17.8. The number of nitrogens with one attached hydrogen (secondary N) is 1. The summed E-state index contributed by atoms with van der Waals surface area (Å²) in [6, 6.07) is 0. The summed E-state index contributed by atoms with van der Waals surface area (Å²) in [5.41, 5.74) is 1.24. The second kappa shape index (κ2) is 5.84. The van der Waals surface area contributed by atoms with Crippen LogP contribution in [0.1, 0.15) is 26.5 Å². The van der Waals surface area contributed by atoms with Crippen molar-refractivity contribution in [3.8, 4) is 0 Å². The van der Waals surface area contributed by atoms with Crippen LogP contribution in [0.2, 0.25) is 0 Å². The maximum Gasteiger partial charge on any atom is 0.147 e. The van der Waals surface area contributed by atoms with Crippen LogP contribution in [0.5, 0.6) is 0 Å². The third kappa shape index (κ3) is 3.64. The Hall–Kier alpha value is -1.20. The predicted octanol–water partition coefficient (Wildman–Crippen LogP) is 1.12. The summed E-state index contributed by atoms with van der Waals surface area (Å²) in [5, 5.41) is 3.08. The molecule has 5 nitrogen and oxygen atoms in total. The van der Waals surface area contributed by atoms with Crippen molar-refractivity contribution < 1.29 is 0 Å². The van der Waals surface area contributed by atoms with E-state index in [1.54, 1.807) is 0 Å². The summed E-state index contributed by atoms with van der Waals surface area (Å²) >= 11 is 0. The smallest absolute Gasteiger partial charge is 0.147 e. The molecule has 1 aliphatic rings. The lowest BCUT2D eigenvalue weighted by molar-refractivity contribution is 0.128. The molecular weight excluding hydrogens is 238 g/mol. The zero-order valence-corrected chi connectivity index (χ0v) is 12.5. The van der Waals surface area contributed by atoms with Gasteiger partial charge in [0.2, 0.25) is 0 Å². The zero-order valence-electron chi connectivity index (χ0n) is 12.5. The molecule has 5 heteroatoms. The van der Waals surface area contributed by atoms with E-state index in [-0.39, 0.29) is 5.54 Å². The van der Waals surface area contributed by atoms with Gasteiger partial charge in [-0.25, -0.2) is 4.98 Å². The van der Waals surface area contributed by atoms with E-state index in [1.165, 1.54) is 0 Å². The van der Waals surface area contributed by atoms with Gasteiger partial charge in [0, 0.05) is 38.3 Å². The highest BCUT2D eigenvalue weighted by atomic mass is 15.3. The van der Waals surface area contributed by atoms with Crippen LogP contribution in [0, 0.1) is 0 Å². The largest absolute Gasteiger partial charge is 0.353 e. The van der Waals surface area contributed by atoms with Gasteiger partial charge in [0.05, 0.1) is 18.1 Å². The molecule has 1 N–H and O–H groups in total. The summed E-state index contributed by atoms with van der Waals surface area (Å²) in [7, 11) is 1.92. The van der Waals surface area contributed by atoms with Crippen LogP contribution in [-0.2, 0) is 6.54 Å². The standard InChI is InChI=1S/C14H25N5/c1-14(2,3)19-7-5-18(6-8-19)13-11-16-12(9-15-4)10-17-13/h10-11,15H,5-9H2,1-4H3. The van der Waals surface area contributed by atoms with Crippen LogP contribution in [0.15, 0.2) is 12.4 Å². The number of hydrogen-bond acceptors (Lipinski definition) is 5. The first-order valence-electron chi connectivity index (χ1n) is 6.96. The van der Waals surface area contributed by atoms with Gasteiger partial charge < -0.3 is 10.2 Å². The monoisotopic (exact) mass is 263 g/mol. The van der Waals surface area contributed by atoms with E-state index in [0.717, 1.165) is 44.2 Å². The highest BCUT2D eigenvalue weighted by Gasteiger charge is 2.26. The minimum Gasteiger partial charge on any atom is -0.353 e. The number of nitrogens with zero attached hydrogens (tertiary/aromatic N) is 4. The maximum absolute atomic E-state index is 4.51. The molecule has 0 spiro atoms. The molecule has 1 fully saturated rings. The first kappa shape index (κ1) is 14.2. The molecule has 2 heterocycles. The van der Waals surface area contributed by atoms with Crippen LogP contribution in [0.4, 0.5) is 5.82 Å². The first-order valence-corrected chi connectivity index (χ1v) is 6.96. The molecule has 0 saturated carbocycles. The Labute approximate surface area is 116 Å². The lowest BCUT2D eigenvalue weighted by Crippen LogP contribution is -2.53. The van der Waals surface area contributed by atoms with Crippen molar-refractivity contribution in [3.63, 3.8) is 0 Å². The minimum absolute atomic E-state index is 0.258. The number of aromatic nitrogens is 2. The molecule has 0 amide bonds. The summed E-state index contributed by atoms with van der Waals surface area (Å²) in [6.07, 6.45) is 3.75. The molecule has 1 aromatic rings. The summed E-state index contributed by atoms with van der Waals surface area (Å²) in [4.78, 5) is 13.8. The third-order valence-corrected chi connectivity index (χ3v) is 3.60. The van der Waals surface area contributed by atoms with Crippen LogP contribution in [0.25, 0.3) is 0 Å². The highest BCUT2D eigenvalue weighted by Crippen LogP contribution is 2.18. The zero-order chi connectivity index (χ0) is 13.9. The molecule has 0 aliphatic carbocycles. The fourth-order valence-corrected chi connectivity index (χ4v) is 2.39. The number of hydrogen-bond donors (Lipinski definition) is 1. The number of anilines is 1. The second-order valence-corrected chi connectivity index (χ2v) is 6.04. The van der Waals surface area contributed by atoms with Crippen molar-refractivity contribution >= 4 is 5.82 Å². The lowest BCUT2D eigenvalue weighted by atomic mass is 10.1. The molecule has 0 radical (unpaired) electrons. The van der Waals surface area contributed by atoms with Crippen LogP contribution >= 0.6 is 0 Å². The van der Waals surface area contributed by atoms with E-state index in [9.17, 15) is 0 Å². The van der Waals surface area contributed by atoms with Crippen molar-refractivity contribution in [2.24, 2.45) is 0 Å². The second-order valence-electron chi connectivity index (χ2n) is 6.04. The van der Waals surface area contributed by atoms with Crippen LogP contribution < -0.4 is 10.2 Å². The van der Waals surface area contributed by atoms with E-state index in [1.807, 2.05) is 19.4 Å². The van der Waals surface area contributed by atoms with Gasteiger partial charge in [-0.1, -0.05) is 0 Å². The third-order valence-electron chi connectivity index (χ3n) is 3.60. The molecule has 2 rings (SSSR count). The average molecular weight is 263 g/mol. The van der Waals surface area contributed by atoms with Gasteiger partial charge in [-0.2, -0.15) is 0 Å². The molecule has 1 saturated heterocycles. The molecule has 106 valence electrons. The van der Waals surface area contributed by atoms with Gasteiger partial charge in [-0.3, -0.25) is 9.88 Å². The SMILES string of the molecule is CNCc1cnc(N2CCN(C(C)(C)C)CC2)cn1. The van der Waals surface area contributed by atoms with Crippen LogP contribution in [-0.4, -0.2) is 53.6 Å². The fourth-order valence-electron chi connectivity index (χ4n) is 2.39. The van der Waals surface area contributed by atoms with Crippen molar-refractivity contribution in [2.75, 3.05) is 38.1 Å². The topological polar surface area (TPSA) is 44.3 Å². The van der Waals surface area contributed by atoms with Crippen LogP contribution in [0.3, 0.4) is 0 Å². The molecule has 1 aliphatic heterocycles. The number of piperazine rings is 1. The van der Waals surface area contributed by atoms with E-state index < -0.39 is 0 Å². The summed E-state index contributed by atoms with van der Waals surface area (Å²) in [6.45, 7) is 11.8. The van der Waals surface area contributed by atoms with Gasteiger partial charge in [0.1, 0.15) is 5.82 Å². The van der Waals surface area contributed by atoms with E-state index in [4.69, 9.17) is 0 Å². The predicted molar refractivity (Wildman–Crippen MR) is 78.3 cm³/mol. The Morgan fingerprint density at radius 2 is 1.79 bits per heavy atom. The molecule has 0 unspecified atom stereocenters. The fraction of sp³-hybridized carbons (Fsp3) is 0.714. The van der Waals surface area contributed by atoms with E-state index >= 15 is 0 Å². The Kier molecular flexibility index (Phi) is 4.37.